The molecule has 0 saturated carbocycles. The van der Waals surface area contributed by atoms with E-state index >= 15 is 0 Å². The van der Waals surface area contributed by atoms with Gasteiger partial charge in [-0.05, 0) is 42.0 Å². The predicted octanol–water partition coefficient (Wildman–Crippen LogP) is 3.55. The molecule has 0 saturated heterocycles. The second kappa shape index (κ2) is 7.86. The lowest BCUT2D eigenvalue weighted by Crippen LogP contribution is -1.90. The summed E-state index contributed by atoms with van der Waals surface area (Å²) in [5, 5.41) is 0. The van der Waals surface area contributed by atoms with Crippen LogP contribution >= 0.6 is 11.8 Å². The van der Waals surface area contributed by atoms with E-state index in [1.54, 1.807) is 0 Å². The Morgan fingerprint density at radius 1 is 1.14 bits per heavy atom. The maximum atomic E-state index is 4.01. The molecule has 0 atom stereocenters. The van der Waals surface area contributed by atoms with Crippen LogP contribution in [0.5, 0.6) is 0 Å². The normalized spacial score (nSPS) is 10.4. The minimum atomic E-state index is 1.18. The van der Waals surface area contributed by atoms with Gasteiger partial charge in [0.2, 0.25) is 0 Å². The molecule has 14 heavy (non-hydrogen) atoms. The molecule has 0 unspecified atom stereocenters. The Labute approximate surface area is 91.3 Å². The Bertz CT molecular complexity index is 223. The molecule has 1 nitrogen and oxygen atoms in total. The molecule has 1 rings (SSSR count). The number of hydrogen-bond donors (Lipinski definition) is 0. The topological polar surface area (TPSA) is 12.9 Å². The van der Waals surface area contributed by atoms with Crippen LogP contribution in [0.25, 0.3) is 0 Å². The van der Waals surface area contributed by atoms with E-state index in [9.17, 15) is 0 Å². The van der Waals surface area contributed by atoms with Crippen LogP contribution in [0.4, 0.5) is 0 Å². The minimum Gasteiger partial charge on any atom is -0.265 e. The number of unbranched alkanes of at least 4 members (excludes halogenated alkanes) is 2. The molecule has 78 valence electrons. The smallest absolute Gasteiger partial charge is 0.0270 e. The largest absolute Gasteiger partial charge is 0.265 e. The molecule has 0 fully saturated rings. The zero-order valence-corrected chi connectivity index (χ0v) is 9.72. The van der Waals surface area contributed by atoms with Crippen molar-refractivity contribution in [3.05, 3.63) is 30.1 Å². The quantitative estimate of drug-likeness (QED) is 0.637. The first-order valence-electron chi connectivity index (χ1n) is 5.40. The van der Waals surface area contributed by atoms with E-state index in [1.165, 1.54) is 42.8 Å². The molecule has 0 spiro atoms. The van der Waals surface area contributed by atoms with Crippen LogP contribution in [-0.2, 0) is 6.42 Å². The van der Waals surface area contributed by atoms with Crippen LogP contribution in [0.1, 0.15) is 31.7 Å². The molecule has 0 aliphatic rings. The SMILES string of the molecule is CCCCCSCCc1ccncc1. The van der Waals surface area contributed by atoms with Crippen molar-refractivity contribution in [2.24, 2.45) is 0 Å². The third-order valence-corrected chi connectivity index (χ3v) is 3.25. The highest BCUT2D eigenvalue weighted by molar-refractivity contribution is 7.99. The monoisotopic (exact) mass is 209 g/mol. The lowest BCUT2D eigenvalue weighted by Gasteiger charge is -2.01. The van der Waals surface area contributed by atoms with Crippen molar-refractivity contribution in [3.8, 4) is 0 Å². The van der Waals surface area contributed by atoms with Crippen molar-refractivity contribution in [1.82, 2.24) is 4.98 Å². The summed E-state index contributed by atoms with van der Waals surface area (Å²) in [6.45, 7) is 2.25. The summed E-state index contributed by atoms with van der Waals surface area (Å²) >= 11 is 2.07. The van der Waals surface area contributed by atoms with E-state index in [1.807, 2.05) is 12.4 Å². The fourth-order valence-corrected chi connectivity index (χ4v) is 2.29. The van der Waals surface area contributed by atoms with Crippen LogP contribution in [0.3, 0.4) is 0 Å². The lowest BCUT2D eigenvalue weighted by molar-refractivity contribution is 0.778. The van der Waals surface area contributed by atoms with Crippen LogP contribution in [0, 0.1) is 0 Å². The summed E-state index contributed by atoms with van der Waals surface area (Å²) in [5.41, 5.74) is 1.41. The van der Waals surface area contributed by atoms with Gasteiger partial charge in [-0.15, -0.1) is 0 Å². The average Bonchev–Trinajstić information content (AvgIpc) is 2.25. The van der Waals surface area contributed by atoms with Gasteiger partial charge in [-0.3, -0.25) is 4.98 Å². The van der Waals surface area contributed by atoms with Crippen molar-refractivity contribution < 1.29 is 0 Å². The van der Waals surface area contributed by atoms with Gasteiger partial charge in [0.15, 0.2) is 0 Å². The molecule has 1 heterocycles. The van der Waals surface area contributed by atoms with Crippen LogP contribution in [0.15, 0.2) is 24.5 Å². The van der Waals surface area contributed by atoms with Gasteiger partial charge in [0, 0.05) is 12.4 Å². The lowest BCUT2D eigenvalue weighted by atomic mass is 10.2. The van der Waals surface area contributed by atoms with Gasteiger partial charge in [0.25, 0.3) is 0 Å². The Morgan fingerprint density at radius 3 is 2.64 bits per heavy atom. The molecule has 0 aliphatic carbocycles. The summed E-state index contributed by atoms with van der Waals surface area (Å²) in [5.74, 6) is 2.56. The minimum absolute atomic E-state index is 1.18. The molecule has 0 aromatic carbocycles. The maximum absolute atomic E-state index is 4.01. The van der Waals surface area contributed by atoms with Gasteiger partial charge < -0.3 is 0 Å². The van der Waals surface area contributed by atoms with Gasteiger partial charge in [-0.25, -0.2) is 0 Å². The van der Waals surface area contributed by atoms with Crippen molar-refractivity contribution in [2.45, 2.75) is 32.6 Å². The molecule has 2 heteroatoms. The summed E-state index contributed by atoms with van der Waals surface area (Å²) in [6, 6.07) is 4.21. The second-order valence-corrected chi connectivity index (χ2v) is 4.65. The molecule has 0 bridgehead atoms. The molecular formula is C12H19NS. The number of pyridine rings is 1. The number of aromatic nitrogens is 1. The Kier molecular flexibility index (Phi) is 6.50. The highest BCUT2D eigenvalue weighted by Crippen LogP contribution is 2.09. The van der Waals surface area contributed by atoms with Crippen molar-refractivity contribution in [1.29, 1.82) is 0 Å². The summed E-state index contributed by atoms with van der Waals surface area (Å²) in [4.78, 5) is 4.01. The Balaban J connectivity index is 1.99. The van der Waals surface area contributed by atoms with Crippen LogP contribution < -0.4 is 0 Å². The van der Waals surface area contributed by atoms with Crippen LogP contribution in [0.2, 0.25) is 0 Å². The predicted molar refractivity (Wildman–Crippen MR) is 64.8 cm³/mol. The maximum Gasteiger partial charge on any atom is 0.0270 e. The summed E-state index contributed by atoms with van der Waals surface area (Å²) in [7, 11) is 0. The molecule has 1 aromatic rings. The van der Waals surface area contributed by atoms with Crippen molar-refractivity contribution in [3.63, 3.8) is 0 Å². The van der Waals surface area contributed by atoms with Gasteiger partial charge >= 0.3 is 0 Å². The van der Waals surface area contributed by atoms with Crippen LogP contribution in [-0.4, -0.2) is 16.5 Å². The third-order valence-electron chi connectivity index (χ3n) is 2.18. The van der Waals surface area contributed by atoms with Gasteiger partial charge in [0.05, 0.1) is 0 Å². The van der Waals surface area contributed by atoms with Gasteiger partial charge in [0.1, 0.15) is 0 Å². The first-order chi connectivity index (χ1) is 6.93. The van der Waals surface area contributed by atoms with E-state index in [4.69, 9.17) is 0 Å². The van der Waals surface area contributed by atoms with Gasteiger partial charge in [-0.1, -0.05) is 19.8 Å². The fourth-order valence-electron chi connectivity index (χ4n) is 1.30. The average molecular weight is 209 g/mol. The fraction of sp³-hybridized carbons (Fsp3) is 0.583. The van der Waals surface area contributed by atoms with E-state index in [0.29, 0.717) is 0 Å². The molecule has 0 radical (unpaired) electrons. The Hall–Kier alpha value is -0.500. The summed E-state index contributed by atoms with van der Waals surface area (Å²) in [6.07, 6.45) is 9.00. The van der Waals surface area contributed by atoms with Gasteiger partial charge in [-0.2, -0.15) is 11.8 Å². The number of nitrogens with zero attached hydrogens (tertiary/aromatic N) is 1. The number of aryl methyl sites for hydroxylation is 1. The van der Waals surface area contributed by atoms with E-state index < -0.39 is 0 Å². The standard InChI is InChI=1S/C12H19NS/c1-2-3-4-10-14-11-7-12-5-8-13-9-6-12/h5-6,8-9H,2-4,7,10-11H2,1H3. The molecular weight excluding hydrogens is 190 g/mol. The molecule has 1 aromatic heterocycles. The molecule has 0 amide bonds. The highest BCUT2D eigenvalue weighted by atomic mass is 32.2. The zero-order valence-electron chi connectivity index (χ0n) is 8.91. The highest BCUT2D eigenvalue weighted by Gasteiger charge is 1.92. The summed E-state index contributed by atoms with van der Waals surface area (Å²) < 4.78 is 0. The molecule has 0 aliphatic heterocycles. The molecule has 0 N–H and O–H groups in total. The second-order valence-electron chi connectivity index (χ2n) is 3.42. The van der Waals surface area contributed by atoms with E-state index in [2.05, 4.69) is 35.8 Å². The van der Waals surface area contributed by atoms with Crippen molar-refractivity contribution >= 4 is 11.8 Å². The Morgan fingerprint density at radius 2 is 1.93 bits per heavy atom. The first-order valence-corrected chi connectivity index (χ1v) is 6.55. The van der Waals surface area contributed by atoms with Crippen molar-refractivity contribution in [2.75, 3.05) is 11.5 Å². The number of thioether (sulfide) groups is 1. The number of hydrogen-bond acceptors (Lipinski definition) is 2. The van der Waals surface area contributed by atoms with E-state index in [-0.39, 0.29) is 0 Å². The number of rotatable bonds is 7. The first kappa shape index (κ1) is 11.6. The third kappa shape index (κ3) is 5.28. The van der Waals surface area contributed by atoms with E-state index in [0.717, 1.165) is 0 Å². The zero-order chi connectivity index (χ0) is 10.1.